The summed E-state index contributed by atoms with van der Waals surface area (Å²) in [6.45, 7) is 6.72. The van der Waals surface area contributed by atoms with E-state index >= 15 is 0 Å². The van der Waals surface area contributed by atoms with E-state index in [4.69, 9.17) is 10.8 Å². The Balaban J connectivity index is 2.48. The highest BCUT2D eigenvalue weighted by Gasteiger charge is 2.53. The van der Waals surface area contributed by atoms with Gasteiger partial charge in [-0.1, -0.05) is 13.8 Å². The molecule has 0 heterocycles. The maximum atomic E-state index is 8.77. The van der Waals surface area contributed by atoms with E-state index < -0.39 is 0 Å². The van der Waals surface area contributed by atoms with Gasteiger partial charge in [-0.3, -0.25) is 0 Å². The summed E-state index contributed by atoms with van der Waals surface area (Å²) in [5.41, 5.74) is 6.31. The van der Waals surface area contributed by atoms with Crippen LogP contribution in [-0.4, -0.2) is 17.3 Å². The minimum absolute atomic E-state index is 0.155. The van der Waals surface area contributed by atoms with Crippen molar-refractivity contribution in [3.8, 4) is 0 Å². The van der Waals surface area contributed by atoms with Crippen LogP contribution >= 0.6 is 0 Å². The van der Waals surface area contributed by atoms with E-state index in [9.17, 15) is 0 Å². The van der Waals surface area contributed by atoms with Gasteiger partial charge in [0.25, 0.3) is 0 Å². The predicted octanol–water partition coefficient (Wildman–Crippen LogP) is 1.13. The smallest absolute Gasteiger partial charge is 0.0448 e. The lowest BCUT2D eigenvalue weighted by Gasteiger charge is -2.25. The molecule has 0 spiro atoms. The molecule has 3 N–H and O–H groups in total. The van der Waals surface area contributed by atoms with E-state index in [1.54, 1.807) is 0 Å². The van der Waals surface area contributed by atoms with Crippen LogP contribution in [0.3, 0.4) is 0 Å². The van der Waals surface area contributed by atoms with Gasteiger partial charge in [0.1, 0.15) is 0 Å². The summed E-state index contributed by atoms with van der Waals surface area (Å²) in [5.74, 6) is 0.599. The first-order valence-electron chi connectivity index (χ1n) is 4.30. The van der Waals surface area contributed by atoms with Gasteiger partial charge in [0, 0.05) is 12.1 Å². The lowest BCUT2D eigenvalue weighted by atomic mass is 9.89. The molecule has 2 heteroatoms. The molecule has 1 saturated carbocycles. The van der Waals surface area contributed by atoms with Gasteiger partial charge >= 0.3 is 0 Å². The highest BCUT2D eigenvalue weighted by Crippen LogP contribution is 2.57. The fraction of sp³-hybridized carbons (Fsp3) is 1.00. The summed E-state index contributed by atoms with van der Waals surface area (Å²) in [6.07, 6.45) is 1.93. The second-order valence-corrected chi connectivity index (χ2v) is 4.72. The molecule has 0 aromatic carbocycles. The quantitative estimate of drug-likeness (QED) is 0.645. The van der Waals surface area contributed by atoms with Crippen molar-refractivity contribution in [3.63, 3.8) is 0 Å². The standard InChI is InChI=1S/C9H19NO/c1-8(2)6-7(8)9(3,10)4-5-11/h7,11H,4-6,10H2,1-3H3. The third-order valence-electron chi connectivity index (χ3n) is 2.96. The van der Waals surface area contributed by atoms with Gasteiger partial charge < -0.3 is 10.8 Å². The summed E-state index contributed by atoms with van der Waals surface area (Å²) in [6, 6.07) is 0. The van der Waals surface area contributed by atoms with Gasteiger partial charge in [0.2, 0.25) is 0 Å². The zero-order valence-corrected chi connectivity index (χ0v) is 7.72. The molecule has 11 heavy (non-hydrogen) atoms. The monoisotopic (exact) mass is 157 g/mol. The van der Waals surface area contributed by atoms with Crippen molar-refractivity contribution >= 4 is 0 Å². The number of aliphatic hydroxyl groups is 1. The molecule has 2 unspecified atom stereocenters. The third-order valence-corrected chi connectivity index (χ3v) is 2.96. The fourth-order valence-corrected chi connectivity index (χ4v) is 2.01. The van der Waals surface area contributed by atoms with Gasteiger partial charge in [0.15, 0.2) is 0 Å². The molecule has 66 valence electrons. The van der Waals surface area contributed by atoms with Crippen LogP contribution in [0.5, 0.6) is 0 Å². The van der Waals surface area contributed by atoms with E-state index in [1.165, 1.54) is 6.42 Å². The molecule has 2 nitrogen and oxygen atoms in total. The molecular formula is C9H19NO. The van der Waals surface area contributed by atoms with Crippen molar-refractivity contribution in [2.24, 2.45) is 17.1 Å². The second-order valence-electron chi connectivity index (χ2n) is 4.72. The summed E-state index contributed by atoms with van der Waals surface area (Å²) in [4.78, 5) is 0. The molecule has 0 saturated heterocycles. The van der Waals surface area contributed by atoms with Crippen molar-refractivity contribution < 1.29 is 5.11 Å². The molecule has 0 aliphatic heterocycles. The molecule has 1 aliphatic rings. The lowest BCUT2D eigenvalue weighted by molar-refractivity contribution is 0.222. The van der Waals surface area contributed by atoms with Gasteiger partial charge in [0.05, 0.1) is 0 Å². The van der Waals surface area contributed by atoms with Crippen molar-refractivity contribution in [1.29, 1.82) is 0 Å². The maximum Gasteiger partial charge on any atom is 0.0448 e. The average Bonchev–Trinajstić information content (AvgIpc) is 2.41. The minimum Gasteiger partial charge on any atom is -0.396 e. The summed E-state index contributed by atoms with van der Waals surface area (Å²) >= 11 is 0. The fourth-order valence-electron chi connectivity index (χ4n) is 2.01. The Bertz CT molecular complexity index is 152. The minimum atomic E-state index is -0.155. The molecule has 1 rings (SSSR count). The Morgan fingerprint density at radius 1 is 1.64 bits per heavy atom. The van der Waals surface area contributed by atoms with E-state index in [1.807, 2.05) is 6.92 Å². The molecule has 0 aromatic heterocycles. The lowest BCUT2D eigenvalue weighted by Crippen LogP contribution is -2.41. The van der Waals surface area contributed by atoms with Crippen molar-refractivity contribution in [1.82, 2.24) is 0 Å². The van der Waals surface area contributed by atoms with Crippen LogP contribution in [0.15, 0.2) is 0 Å². The molecule has 2 atom stereocenters. The Kier molecular flexibility index (Phi) is 2.01. The van der Waals surface area contributed by atoms with E-state index in [0.29, 0.717) is 11.3 Å². The summed E-state index contributed by atoms with van der Waals surface area (Å²) < 4.78 is 0. The van der Waals surface area contributed by atoms with Gasteiger partial charge in [-0.05, 0) is 31.1 Å². The first-order chi connectivity index (χ1) is 4.90. The van der Waals surface area contributed by atoms with Crippen LogP contribution in [0.4, 0.5) is 0 Å². The van der Waals surface area contributed by atoms with E-state index in [2.05, 4.69) is 13.8 Å². The molecule has 0 bridgehead atoms. The van der Waals surface area contributed by atoms with Crippen LogP contribution in [0, 0.1) is 11.3 Å². The topological polar surface area (TPSA) is 46.2 Å². The molecule has 0 radical (unpaired) electrons. The van der Waals surface area contributed by atoms with Crippen LogP contribution in [0.25, 0.3) is 0 Å². The maximum absolute atomic E-state index is 8.77. The highest BCUT2D eigenvalue weighted by atomic mass is 16.3. The summed E-state index contributed by atoms with van der Waals surface area (Å²) in [5, 5.41) is 8.77. The average molecular weight is 157 g/mol. The zero-order chi connectivity index (χ0) is 8.70. The number of hydrogen-bond acceptors (Lipinski definition) is 2. The van der Waals surface area contributed by atoms with Crippen LogP contribution in [0.1, 0.15) is 33.6 Å². The zero-order valence-electron chi connectivity index (χ0n) is 7.72. The molecular weight excluding hydrogens is 138 g/mol. The van der Waals surface area contributed by atoms with Crippen LogP contribution in [-0.2, 0) is 0 Å². The van der Waals surface area contributed by atoms with Crippen molar-refractivity contribution in [3.05, 3.63) is 0 Å². The number of rotatable bonds is 3. The summed E-state index contributed by atoms with van der Waals surface area (Å²) in [7, 11) is 0. The first kappa shape index (κ1) is 9.01. The van der Waals surface area contributed by atoms with Crippen molar-refractivity contribution in [2.45, 2.75) is 39.2 Å². The molecule has 0 amide bonds. The number of nitrogens with two attached hydrogens (primary N) is 1. The highest BCUT2D eigenvalue weighted by molar-refractivity contribution is 5.07. The molecule has 1 aliphatic carbocycles. The SMILES string of the molecule is CC1(C)CC1C(C)(N)CCO. The van der Waals surface area contributed by atoms with Crippen LogP contribution in [0.2, 0.25) is 0 Å². The predicted molar refractivity (Wildman–Crippen MR) is 46.2 cm³/mol. The normalized spacial score (nSPS) is 33.0. The number of hydrogen-bond donors (Lipinski definition) is 2. The van der Waals surface area contributed by atoms with Gasteiger partial charge in [-0.15, -0.1) is 0 Å². The van der Waals surface area contributed by atoms with Gasteiger partial charge in [-0.2, -0.15) is 0 Å². The van der Waals surface area contributed by atoms with E-state index in [0.717, 1.165) is 6.42 Å². The largest absolute Gasteiger partial charge is 0.396 e. The molecule has 1 fully saturated rings. The van der Waals surface area contributed by atoms with Crippen molar-refractivity contribution in [2.75, 3.05) is 6.61 Å². The second kappa shape index (κ2) is 2.46. The Morgan fingerprint density at radius 2 is 2.09 bits per heavy atom. The van der Waals surface area contributed by atoms with E-state index in [-0.39, 0.29) is 12.1 Å². The number of aliphatic hydroxyl groups excluding tert-OH is 1. The first-order valence-corrected chi connectivity index (χ1v) is 4.30. The Hall–Kier alpha value is -0.0800. The third kappa shape index (κ3) is 1.74. The Labute approximate surface area is 68.8 Å². The van der Waals surface area contributed by atoms with Gasteiger partial charge in [-0.25, -0.2) is 0 Å². The molecule has 0 aromatic rings. The Morgan fingerprint density at radius 3 is 2.36 bits per heavy atom. The van der Waals surface area contributed by atoms with Crippen LogP contribution < -0.4 is 5.73 Å².